The third-order valence-corrected chi connectivity index (χ3v) is 2.98. The van der Waals surface area contributed by atoms with E-state index in [0.29, 0.717) is 11.1 Å². The Morgan fingerprint density at radius 3 is 2.57 bits per heavy atom. The highest BCUT2D eigenvalue weighted by atomic mass is 19.2. The van der Waals surface area contributed by atoms with E-state index in [0.717, 1.165) is 12.1 Å². The summed E-state index contributed by atoms with van der Waals surface area (Å²) >= 11 is 0. The molecule has 0 saturated carbocycles. The first-order valence-corrected chi connectivity index (χ1v) is 5.88. The summed E-state index contributed by atoms with van der Waals surface area (Å²) in [5.74, 6) is -3.91. The molecule has 0 amide bonds. The molecule has 0 atom stereocenters. The number of methoxy groups -OCH3 is 1. The van der Waals surface area contributed by atoms with Gasteiger partial charge in [0.15, 0.2) is 23.1 Å². The second-order valence-electron chi connectivity index (χ2n) is 4.35. The fourth-order valence-corrected chi connectivity index (χ4v) is 2.08. The van der Waals surface area contributed by atoms with Crippen LogP contribution < -0.4 is 5.73 Å². The van der Waals surface area contributed by atoms with Gasteiger partial charge in [0.1, 0.15) is 11.5 Å². The molecule has 3 rings (SSSR count). The van der Waals surface area contributed by atoms with Crippen LogP contribution in [0, 0.1) is 17.5 Å². The van der Waals surface area contributed by atoms with Gasteiger partial charge in [-0.2, -0.15) is 10.2 Å². The molecule has 0 unspecified atom stereocenters. The zero-order valence-corrected chi connectivity index (χ0v) is 10.8. The molecular weight excluding hydrogens is 287 g/mol. The monoisotopic (exact) mass is 297 g/mol. The van der Waals surface area contributed by atoms with Crippen molar-refractivity contribution < 1.29 is 17.9 Å². The summed E-state index contributed by atoms with van der Waals surface area (Å²) in [4.78, 5) is 0. The molecule has 0 aliphatic carbocycles. The van der Waals surface area contributed by atoms with Crippen molar-refractivity contribution in [2.75, 3.05) is 12.8 Å². The minimum Gasteiger partial charge on any atom is -0.383 e. The summed E-state index contributed by atoms with van der Waals surface area (Å²) in [7, 11) is 1.47. The number of rotatable bonds is 3. The number of aromatic nitrogens is 4. The first kappa shape index (κ1) is 13.4. The van der Waals surface area contributed by atoms with E-state index < -0.39 is 17.5 Å². The third-order valence-electron chi connectivity index (χ3n) is 2.98. The Morgan fingerprint density at radius 1 is 1.29 bits per heavy atom. The molecule has 9 heteroatoms. The molecule has 6 nitrogen and oxygen atoms in total. The second-order valence-corrected chi connectivity index (χ2v) is 4.35. The average molecular weight is 297 g/mol. The largest absolute Gasteiger partial charge is 0.383 e. The average Bonchev–Trinajstić information content (AvgIpc) is 2.98. The van der Waals surface area contributed by atoms with Crippen molar-refractivity contribution in [3.8, 4) is 5.69 Å². The molecule has 110 valence electrons. The number of aromatic amines is 1. The quantitative estimate of drug-likeness (QED) is 0.723. The van der Waals surface area contributed by atoms with Crippen molar-refractivity contribution >= 4 is 16.9 Å². The van der Waals surface area contributed by atoms with Gasteiger partial charge in [-0.25, -0.2) is 17.9 Å². The molecule has 0 aliphatic heterocycles. The van der Waals surface area contributed by atoms with Gasteiger partial charge in [0.05, 0.1) is 17.7 Å². The van der Waals surface area contributed by atoms with Crippen LogP contribution in [0.1, 0.15) is 5.69 Å². The topological polar surface area (TPSA) is 81.8 Å². The molecule has 0 fully saturated rings. The minimum atomic E-state index is -1.54. The lowest BCUT2D eigenvalue weighted by atomic mass is 10.3. The van der Waals surface area contributed by atoms with Gasteiger partial charge in [0.2, 0.25) is 0 Å². The number of benzene rings is 1. The van der Waals surface area contributed by atoms with Crippen LogP contribution in [0.25, 0.3) is 16.7 Å². The molecule has 0 aliphatic rings. The number of halogens is 3. The highest BCUT2D eigenvalue weighted by Gasteiger charge is 2.19. The summed E-state index contributed by atoms with van der Waals surface area (Å²) < 4.78 is 45.9. The molecule has 2 aromatic heterocycles. The molecule has 1 aromatic carbocycles. The van der Waals surface area contributed by atoms with E-state index in [2.05, 4.69) is 15.3 Å². The maximum absolute atomic E-state index is 13.4. The Morgan fingerprint density at radius 2 is 1.95 bits per heavy atom. The normalized spacial score (nSPS) is 11.4. The standard InChI is InChI=1S/C12H10F3N5O/c1-21-4-8-9-11(16)17-18-12(9)20(19-8)5-2-6(13)10(15)7(14)3-5/h2-3H,4H2,1H3,(H3,16,17,18). The Kier molecular flexibility index (Phi) is 3.05. The fourth-order valence-electron chi connectivity index (χ4n) is 2.08. The predicted molar refractivity (Wildman–Crippen MR) is 68.2 cm³/mol. The van der Waals surface area contributed by atoms with Crippen molar-refractivity contribution in [2.45, 2.75) is 6.61 Å². The summed E-state index contributed by atoms with van der Waals surface area (Å²) in [5.41, 5.74) is 6.46. The van der Waals surface area contributed by atoms with Crippen LogP contribution in [0.5, 0.6) is 0 Å². The van der Waals surface area contributed by atoms with Crippen LogP contribution >= 0.6 is 0 Å². The molecule has 0 saturated heterocycles. The molecule has 3 aromatic rings. The smallest absolute Gasteiger partial charge is 0.194 e. The van der Waals surface area contributed by atoms with Gasteiger partial charge < -0.3 is 10.5 Å². The summed E-state index contributed by atoms with van der Waals surface area (Å²) in [6.07, 6.45) is 0. The van der Waals surface area contributed by atoms with Crippen molar-refractivity contribution in [1.82, 2.24) is 20.0 Å². The first-order valence-electron chi connectivity index (χ1n) is 5.88. The van der Waals surface area contributed by atoms with Crippen LogP contribution in [0.15, 0.2) is 12.1 Å². The summed E-state index contributed by atoms with van der Waals surface area (Å²) in [5, 5.41) is 11.1. The molecular formula is C12H10F3N5O. The molecule has 0 spiro atoms. The molecule has 21 heavy (non-hydrogen) atoms. The SMILES string of the molecule is COCc1nn(-c2cc(F)c(F)c(F)c2)c2n[nH]c(N)c12. The van der Waals surface area contributed by atoms with E-state index in [9.17, 15) is 13.2 Å². The van der Waals surface area contributed by atoms with Gasteiger partial charge >= 0.3 is 0 Å². The van der Waals surface area contributed by atoms with Gasteiger partial charge in [0.25, 0.3) is 0 Å². The number of nitrogen functional groups attached to an aromatic ring is 1. The maximum Gasteiger partial charge on any atom is 0.194 e. The van der Waals surface area contributed by atoms with E-state index >= 15 is 0 Å². The molecule has 0 bridgehead atoms. The highest BCUT2D eigenvalue weighted by Crippen LogP contribution is 2.26. The number of nitrogens with one attached hydrogen (secondary N) is 1. The van der Waals surface area contributed by atoms with Crippen molar-refractivity contribution in [2.24, 2.45) is 0 Å². The minimum absolute atomic E-state index is 0.00902. The van der Waals surface area contributed by atoms with Gasteiger partial charge in [-0.3, -0.25) is 5.10 Å². The Balaban J connectivity index is 2.25. The number of nitrogens with zero attached hydrogens (tertiary/aromatic N) is 3. The lowest BCUT2D eigenvalue weighted by Crippen LogP contribution is -2.02. The van der Waals surface area contributed by atoms with Crippen molar-refractivity contribution in [3.63, 3.8) is 0 Å². The number of ether oxygens (including phenoxy) is 1. The number of hydrogen-bond acceptors (Lipinski definition) is 4. The molecule has 2 heterocycles. The van der Waals surface area contributed by atoms with Gasteiger partial charge in [0, 0.05) is 19.2 Å². The third kappa shape index (κ3) is 2.02. The number of fused-ring (bicyclic) bond motifs is 1. The number of hydrogen-bond donors (Lipinski definition) is 2. The number of H-pyrrole nitrogens is 1. The Labute approximate surface area is 116 Å². The Hall–Kier alpha value is -2.55. The van der Waals surface area contributed by atoms with Crippen LogP contribution in [-0.2, 0) is 11.3 Å². The summed E-state index contributed by atoms with van der Waals surface area (Å²) in [6.45, 7) is 0.138. The van der Waals surface area contributed by atoms with E-state index in [1.807, 2.05) is 0 Å². The summed E-state index contributed by atoms with van der Waals surface area (Å²) in [6, 6.07) is 1.65. The maximum atomic E-state index is 13.4. The lowest BCUT2D eigenvalue weighted by Gasteiger charge is -2.03. The molecule has 0 radical (unpaired) electrons. The van der Waals surface area contributed by atoms with E-state index in [1.165, 1.54) is 11.8 Å². The van der Waals surface area contributed by atoms with Crippen LogP contribution in [0.3, 0.4) is 0 Å². The number of nitrogens with two attached hydrogens (primary N) is 1. The van der Waals surface area contributed by atoms with Crippen LogP contribution in [0.4, 0.5) is 19.0 Å². The van der Waals surface area contributed by atoms with Crippen molar-refractivity contribution in [1.29, 1.82) is 0 Å². The van der Waals surface area contributed by atoms with Gasteiger partial charge in [-0.15, -0.1) is 0 Å². The fraction of sp³-hybridized carbons (Fsp3) is 0.167. The zero-order valence-electron chi connectivity index (χ0n) is 10.8. The zero-order chi connectivity index (χ0) is 15.1. The van der Waals surface area contributed by atoms with Gasteiger partial charge in [-0.05, 0) is 0 Å². The van der Waals surface area contributed by atoms with Crippen LogP contribution in [0.2, 0.25) is 0 Å². The first-order chi connectivity index (χ1) is 10.0. The van der Waals surface area contributed by atoms with Crippen LogP contribution in [-0.4, -0.2) is 27.1 Å². The van der Waals surface area contributed by atoms with E-state index in [4.69, 9.17) is 10.5 Å². The second kappa shape index (κ2) is 4.77. The predicted octanol–water partition coefficient (Wildman–Crippen LogP) is 1.89. The van der Waals surface area contributed by atoms with Crippen molar-refractivity contribution in [3.05, 3.63) is 35.3 Å². The Bertz CT molecular complexity index is 803. The lowest BCUT2D eigenvalue weighted by molar-refractivity contribution is 0.182. The van der Waals surface area contributed by atoms with E-state index in [1.54, 1.807) is 0 Å². The van der Waals surface area contributed by atoms with Gasteiger partial charge in [-0.1, -0.05) is 0 Å². The van der Waals surface area contributed by atoms with E-state index in [-0.39, 0.29) is 23.8 Å². The highest BCUT2D eigenvalue weighted by molar-refractivity contribution is 5.89. The molecule has 3 N–H and O–H groups in total. The number of anilines is 1.